The van der Waals surface area contributed by atoms with Gasteiger partial charge in [-0.15, -0.1) is 0 Å². The van der Waals surface area contributed by atoms with Gasteiger partial charge in [-0.05, 0) is 31.0 Å². The summed E-state index contributed by atoms with van der Waals surface area (Å²) in [5.74, 6) is 0. The fourth-order valence-corrected chi connectivity index (χ4v) is 2.37. The van der Waals surface area contributed by atoms with Crippen LogP contribution in [0.1, 0.15) is 31.9 Å². The third kappa shape index (κ3) is 2.99. The van der Waals surface area contributed by atoms with Gasteiger partial charge in [0.1, 0.15) is 0 Å². The number of rotatable bonds is 3. The van der Waals surface area contributed by atoms with Crippen LogP contribution in [0, 0.1) is 0 Å². The van der Waals surface area contributed by atoms with Crippen molar-refractivity contribution in [2.24, 2.45) is 0 Å². The highest BCUT2D eigenvalue weighted by Crippen LogP contribution is 2.24. The van der Waals surface area contributed by atoms with E-state index in [1.54, 1.807) is 0 Å². The SMILES string of the molecule is CCC1CN(C(C)c2cccc(N)c2)CCO1. The molecule has 17 heavy (non-hydrogen) atoms. The molecule has 1 aliphatic heterocycles. The fourth-order valence-electron chi connectivity index (χ4n) is 2.37. The predicted octanol–water partition coefficient (Wildman–Crippen LogP) is 2.44. The lowest BCUT2D eigenvalue weighted by molar-refractivity contribution is -0.0424. The normalized spacial score (nSPS) is 23.5. The first kappa shape index (κ1) is 12.4. The molecule has 0 aliphatic carbocycles. The molecule has 0 amide bonds. The van der Waals surface area contributed by atoms with Gasteiger partial charge in [0.05, 0.1) is 12.7 Å². The van der Waals surface area contributed by atoms with Gasteiger partial charge in [0.15, 0.2) is 0 Å². The summed E-state index contributed by atoms with van der Waals surface area (Å²) in [5.41, 5.74) is 7.97. The van der Waals surface area contributed by atoms with Crippen LogP contribution in [0.3, 0.4) is 0 Å². The lowest BCUT2D eigenvalue weighted by atomic mass is 10.0. The molecule has 1 fully saturated rings. The Hall–Kier alpha value is -1.06. The van der Waals surface area contributed by atoms with Crippen molar-refractivity contribution in [2.45, 2.75) is 32.4 Å². The smallest absolute Gasteiger partial charge is 0.0700 e. The lowest BCUT2D eigenvalue weighted by Gasteiger charge is -2.36. The number of morpholine rings is 1. The summed E-state index contributed by atoms with van der Waals surface area (Å²) in [5, 5.41) is 0. The molecule has 94 valence electrons. The monoisotopic (exact) mass is 234 g/mol. The van der Waals surface area contributed by atoms with Crippen molar-refractivity contribution in [1.82, 2.24) is 4.90 Å². The Morgan fingerprint density at radius 2 is 2.35 bits per heavy atom. The molecular weight excluding hydrogens is 212 g/mol. The van der Waals surface area contributed by atoms with Gasteiger partial charge in [0.25, 0.3) is 0 Å². The van der Waals surface area contributed by atoms with Gasteiger partial charge >= 0.3 is 0 Å². The third-order valence-electron chi connectivity index (χ3n) is 3.57. The first-order chi connectivity index (χ1) is 8.20. The molecule has 1 aromatic carbocycles. The van der Waals surface area contributed by atoms with Gasteiger partial charge in [0, 0.05) is 24.8 Å². The Labute approximate surface area is 104 Å². The molecule has 2 N–H and O–H groups in total. The van der Waals surface area contributed by atoms with E-state index >= 15 is 0 Å². The highest BCUT2D eigenvalue weighted by atomic mass is 16.5. The topological polar surface area (TPSA) is 38.5 Å². The van der Waals surface area contributed by atoms with E-state index in [0.29, 0.717) is 12.1 Å². The standard InChI is InChI=1S/C14H22N2O/c1-3-14-10-16(7-8-17-14)11(2)12-5-4-6-13(15)9-12/h4-6,9,11,14H,3,7-8,10,15H2,1-2H3. The van der Waals surface area contributed by atoms with Crippen LogP contribution < -0.4 is 5.73 Å². The molecule has 0 aromatic heterocycles. The van der Waals surface area contributed by atoms with Crippen LogP contribution in [-0.4, -0.2) is 30.7 Å². The van der Waals surface area contributed by atoms with Gasteiger partial charge in [-0.25, -0.2) is 0 Å². The average Bonchev–Trinajstić information content (AvgIpc) is 2.38. The van der Waals surface area contributed by atoms with Crippen LogP contribution in [0.5, 0.6) is 0 Å². The summed E-state index contributed by atoms with van der Waals surface area (Å²) in [4.78, 5) is 2.48. The minimum atomic E-state index is 0.382. The van der Waals surface area contributed by atoms with E-state index in [9.17, 15) is 0 Å². The maximum absolute atomic E-state index is 5.84. The van der Waals surface area contributed by atoms with Crippen LogP contribution in [0.25, 0.3) is 0 Å². The third-order valence-corrected chi connectivity index (χ3v) is 3.57. The Bertz CT molecular complexity index is 367. The van der Waals surface area contributed by atoms with Crippen LogP contribution in [-0.2, 0) is 4.74 Å². The predicted molar refractivity (Wildman–Crippen MR) is 70.9 cm³/mol. The molecule has 1 aliphatic rings. The molecule has 0 saturated carbocycles. The average molecular weight is 234 g/mol. The maximum Gasteiger partial charge on any atom is 0.0700 e. The highest BCUT2D eigenvalue weighted by Gasteiger charge is 2.23. The Morgan fingerprint density at radius 1 is 1.53 bits per heavy atom. The van der Waals surface area contributed by atoms with Crippen LogP contribution >= 0.6 is 0 Å². The quantitative estimate of drug-likeness (QED) is 0.816. The van der Waals surface area contributed by atoms with E-state index in [1.165, 1.54) is 5.56 Å². The molecule has 0 spiro atoms. The first-order valence-corrected chi connectivity index (χ1v) is 6.41. The minimum absolute atomic E-state index is 0.382. The molecular formula is C14H22N2O. The zero-order valence-corrected chi connectivity index (χ0v) is 10.7. The van der Waals surface area contributed by atoms with Crippen LogP contribution in [0.4, 0.5) is 5.69 Å². The van der Waals surface area contributed by atoms with E-state index in [4.69, 9.17) is 10.5 Å². The van der Waals surface area contributed by atoms with Crippen LogP contribution in [0.15, 0.2) is 24.3 Å². The lowest BCUT2D eigenvalue weighted by Crippen LogP contribution is -2.43. The summed E-state index contributed by atoms with van der Waals surface area (Å²) in [6.07, 6.45) is 1.47. The van der Waals surface area contributed by atoms with Crippen molar-refractivity contribution < 1.29 is 4.74 Å². The van der Waals surface area contributed by atoms with Crippen molar-refractivity contribution in [3.63, 3.8) is 0 Å². The zero-order chi connectivity index (χ0) is 12.3. The van der Waals surface area contributed by atoms with Gasteiger partial charge < -0.3 is 10.5 Å². The first-order valence-electron chi connectivity index (χ1n) is 6.41. The Morgan fingerprint density at radius 3 is 3.06 bits per heavy atom. The minimum Gasteiger partial charge on any atom is -0.399 e. The molecule has 2 atom stereocenters. The second kappa shape index (κ2) is 5.52. The summed E-state index contributed by atoms with van der Waals surface area (Å²) in [7, 11) is 0. The number of anilines is 1. The van der Waals surface area contributed by atoms with Crippen molar-refractivity contribution in [3.05, 3.63) is 29.8 Å². The number of hydrogen-bond acceptors (Lipinski definition) is 3. The number of benzene rings is 1. The second-order valence-corrected chi connectivity index (χ2v) is 4.74. The van der Waals surface area contributed by atoms with Gasteiger partial charge in [0.2, 0.25) is 0 Å². The van der Waals surface area contributed by atoms with Gasteiger partial charge in [-0.1, -0.05) is 19.1 Å². The van der Waals surface area contributed by atoms with Crippen LogP contribution in [0.2, 0.25) is 0 Å². The highest BCUT2D eigenvalue weighted by molar-refractivity contribution is 5.41. The largest absolute Gasteiger partial charge is 0.399 e. The van der Waals surface area contributed by atoms with E-state index in [-0.39, 0.29) is 0 Å². The molecule has 2 unspecified atom stereocenters. The van der Waals surface area contributed by atoms with Gasteiger partial charge in [-0.2, -0.15) is 0 Å². The molecule has 0 bridgehead atoms. The summed E-state index contributed by atoms with van der Waals surface area (Å²) >= 11 is 0. The molecule has 3 nitrogen and oxygen atoms in total. The molecule has 1 saturated heterocycles. The van der Waals surface area contributed by atoms with E-state index in [2.05, 4.69) is 30.9 Å². The summed E-state index contributed by atoms with van der Waals surface area (Å²) in [6, 6.07) is 8.60. The Balaban J connectivity index is 2.06. The summed E-state index contributed by atoms with van der Waals surface area (Å²) in [6.45, 7) is 7.29. The Kier molecular flexibility index (Phi) is 4.02. The summed E-state index contributed by atoms with van der Waals surface area (Å²) < 4.78 is 5.70. The molecule has 2 rings (SSSR count). The van der Waals surface area contributed by atoms with Crippen molar-refractivity contribution in [2.75, 3.05) is 25.4 Å². The number of hydrogen-bond donors (Lipinski definition) is 1. The molecule has 1 aromatic rings. The number of ether oxygens (including phenoxy) is 1. The molecule has 0 radical (unpaired) electrons. The zero-order valence-electron chi connectivity index (χ0n) is 10.7. The van der Waals surface area contributed by atoms with Crippen molar-refractivity contribution in [1.29, 1.82) is 0 Å². The van der Waals surface area contributed by atoms with E-state index in [1.807, 2.05) is 12.1 Å². The number of nitrogens with two attached hydrogens (primary N) is 1. The van der Waals surface area contributed by atoms with E-state index < -0.39 is 0 Å². The second-order valence-electron chi connectivity index (χ2n) is 4.74. The number of nitrogens with zero attached hydrogens (tertiary/aromatic N) is 1. The fraction of sp³-hybridized carbons (Fsp3) is 0.571. The maximum atomic E-state index is 5.84. The number of nitrogen functional groups attached to an aromatic ring is 1. The van der Waals surface area contributed by atoms with E-state index in [0.717, 1.165) is 31.8 Å². The molecule has 3 heteroatoms. The van der Waals surface area contributed by atoms with Gasteiger partial charge in [-0.3, -0.25) is 4.90 Å². The molecule has 1 heterocycles. The van der Waals surface area contributed by atoms with Crippen molar-refractivity contribution in [3.8, 4) is 0 Å². The van der Waals surface area contributed by atoms with Crippen molar-refractivity contribution >= 4 is 5.69 Å².